The highest BCUT2D eigenvalue weighted by Gasteiger charge is 2.19. The number of nitrogens with one attached hydrogen (secondary N) is 1. The summed E-state index contributed by atoms with van der Waals surface area (Å²) in [7, 11) is 3.29. The predicted molar refractivity (Wildman–Crippen MR) is 84.3 cm³/mol. The van der Waals surface area contributed by atoms with Gasteiger partial charge in [0.2, 0.25) is 0 Å². The molecule has 1 unspecified atom stereocenters. The average Bonchev–Trinajstić information content (AvgIpc) is 2.53. The number of methoxy groups -OCH3 is 2. The van der Waals surface area contributed by atoms with Crippen molar-refractivity contribution >= 4 is 11.6 Å². The van der Waals surface area contributed by atoms with E-state index in [9.17, 15) is 0 Å². The molecule has 0 bridgehead atoms. The fraction of sp³-hybridized carbons (Fsp3) is 0.312. The molecule has 2 aromatic rings. The normalized spacial score (nSPS) is 12.0. The quantitative estimate of drug-likeness (QED) is 0.887. The van der Waals surface area contributed by atoms with Crippen LogP contribution in [0.1, 0.15) is 24.2 Å². The fourth-order valence-electron chi connectivity index (χ4n) is 2.19. The Hall–Kier alpha value is -1.78. The number of halogens is 1. The first kappa shape index (κ1) is 15.6. The zero-order valence-corrected chi connectivity index (χ0v) is 13.1. The SMILES string of the molecule is CCNC(c1ccc(Cl)cn1)c1ccc(OC)cc1OC. The third kappa shape index (κ3) is 3.65. The molecule has 0 saturated carbocycles. The molecule has 0 aliphatic heterocycles. The second-order valence-electron chi connectivity index (χ2n) is 4.50. The number of rotatable bonds is 6. The maximum Gasteiger partial charge on any atom is 0.127 e. The molecule has 0 fully saturated rings. The van der Waals surface area contributed by atoms with E-state index in [0.717, 1.165) is 29.3 Å². The van der Waals surface area contributed by atoms with E-state index >= 15 is 0 Å². The first-order valence-electron chi connectivity index (χ1n) is 6.76. The zero-order chi connectivity index (χ0) is 15.2. The molecule has 0 saturated heterocycles. The monoisotopic (exact) mass is 306 g/mol. The van der Waals surface area contributed by atoms with Crippen LogP contribution >= 0.6 is 11.6 Å². The molecular formula is C16H19ClN2O2. The van der Waals surface area contributed by atoms with E-state index in [4.69, 9.17) is 21.1 Å². The van der Waals surface area contributed by atoms with Crippen molar-refractivity contribution < 1.29 is 9.47 Å². The molecule has 0 aliphatic carbocycles. The van der Waals surface area contributed by atoms with E-state index in [-0.39, 0.29) is 6.04 Å². The number of aromatic nitrogens is 1. The second kappa shape index (κ2) is 7.29. The largest absolute Gasteiger partial charge is 0.497 e. The van der Waals surface area contributed by atoms with E-state index < -0.39 is 0 Å². The Kier molecular flexibility index (Phi) is 5.42. The Bertz CT molecular complexity index is 587. The average molecular weight is 307 g/mol. The van der Waals surface area contributed by atoms with Crippen LogP contribution < -0.4 is 14.8 Å². The molecule has 0 spiro atoms. The molecule has 4 nitrogen and oxygen atoms in total. The van der Waals surface area contributed by atoms with Gasteiger partial charge in [0, 0.05) is 17.8 Å². The van der Waals surface area contributed by atoms with Crippen LogP contribution in [0.5, 0.6) is 11.5 Å². The minimum atomic E-state index is -0.0619. The van der Waals surface area contributed by atoms with Gasteiger partial charge in [-0.25, -0.2) is 0 Å². The van der Waals surface area contributed by atoms with Crippen molar-refractivity contribution in [2.24, 2.45) is 0 Å². The first-order chi connectivity index (χ1) is 10.2. The van der Waals surface area contributed by atoms with Crippen LogP contribution in [0.25, 0.3) is 0 Å². The smallest absolute Gasteiger partial charge is 0.127 e. The van der Waals surface area contributed by atoms with Gasteiger partial charge in [-0.05, 0) is 30.8 Å². The van der Waals surface area contributed by atoms with Gasteiger partial charge in [0.1, 0.15) is 11.5 Å². The lowest BCUT2D eigenvalue weighted by Gasteiger charge is -2.21. The van der Waals surface area contributed by atoms with Gasteiger partial charge < -0.3 is 14.8 Å². The van der Waals surface area contributed by atoms with Crippen LogP contribution in [0.15, 0.2) is 36.5 Å². The van der Waals surface area contributed by atoms with Crippen LogP contribution in [-0.2, 0) is 0 Å². The molecular weight excluding hydrogens is 288 g/mol. The second-order valence-corrected chi connectivity index (χ2v) is 4.94. The van der Waals surface area contributed by atoms with Gasteiger partial charge in [0.05, 0.1) is 31.0 Å². The Balaban J connectivity index is 2.44. The molecule has 0 aliphatic rings. The summed E-state index contributed by atoms with van der Waals surface area (Å²) in [6, 6.07) is 9.46. The lowest BCUT2D eigenvalue weighted by molar-refractivity contribution is 0.387. The maximum absolute atomic E-state index is 5.91. The number of hydrogen-bond donors (Lipinski definition) is 1. The summed E-state index contributed by atoms with van der Waals surface area (Å²) in [5.74, 6) is 1.52. The van der Waals surface area contributed by atoms with Gasteiger partial charge in [-0.15, -0.1) is 0 Å². The van der Waals surface area contributed by atoms with Crippen LogP contribution in [0.3, 0.4) is 0 Å². The molecule has 1 aromatic carbocycles. The van der Waals surface area contributed by atoms with Crippen LogP contribution in [0.2, 0.25) is 5.02 Å². The summed E-state index contributed by atoms with van der Waals surface area (Å²) in [6.07, 6.45) is 1.65. The van der Waals surface area contributed by atoms with Crippen molar-refractivity contribution in [1.82, 2.24) is 10.3 Å². The van der Waals surface area contributed by atoms with E-state index in [1.54, 1.807) is 20.4 Å². The molecule has 0 radical (unpaired) electrons. The molecule has 1 aromatic heterocycles. The van der Waals surface area contributed by atoms with Gasteiger partial charge in [0.15, 0.2) is 0 Å². The third-order valence-corrected chi connectivity index (χ3v) is 3.43. The molecule has 1 N–H and O–H groups in total. The summed E-state index contributed by atoms with van der Waals surface area (Å²) in [4.78, 5) is 4.41. The number of hydrogen-bond acceptors (Lipinski definition) is 4. The van der Waals surface area contributed by atoms with Crippen molar-refractivity contribution in [3.05, 3.63) is 52.8 Å². The minimum absolute atomic E-state index is 0.0619. The van der Waals surface area contributed by atoms with Crippen molar-refractivity contribution in [2.75, 3.05) is 20.8 Å². The summed E-state index contributed by atoms with van der Waals surface area (Å²) >= 11 is 5.91. The Labute approximate surface area is 130 Å². The predicted octanol–water partition coefficient (Wildman–Crippen LogP) is 3.45. The Morgan fingerprint density at radius 1 is 1.19 bits per heavy atom. The van der Waals surface area contributed by atoms with Crippen LogP contribution in [0.4, 0.5) is 0 Å². The summed E-state index contributed by atoms with van der Waals surface area (Å²) < 4.78 is 10.7. The van der Waals surface area contributed by atoms with Gasteiger partial charge in [-0.3, -0.25) is 4.98 Å². The Morgan fingerprint density at radius 2 is 2.00 bits per heavy atom. The van der Waals surface area contributed by atoms with Gasteiger partial charge in [0.25, 0.3) is 0 Å². The van der Waals surface area contributed by atoms with Crippen LogP contribution in [-0.4, -0.2) is 25.7 Å². The van der Waals surface area contributed by atoms with Crippen molar-refractivity contribution in [1.29, 1.82) is 0 Å². The van der Waals surface area contributed by atoms with E-state index in [2.05, 4.69) is 17.2 Å². The highest BCUT2D eigenvalue weighted by Crippen LogP contribution is 2.32. The zero-order valence-electron chi connectivity index (χ0n) is 12.4. The number of nitrogens with zero attached hydrogens (tertiary/aromatic N) is 1. The maximum atomic E-state index is 5.91. The topological polar surface area (TPSA) is 43.4 Å². The summed E-state index contributed by atoms with van der Waals surface area (Å²) in [6.45, 7) is 2.86. The molecule has 21 heavy (non-hydrogen) atoms. The molecule has 1 atom stereocenters. The highest BCUT2D eigenvalue weighted by atomic mass is 35.5. The van der Waals surface area contributed by atoms with Crippen molar-refractivity contribution in [3.63, 3.8) is 0 Å². The van der Waals surface area contributed by atoms with E-state index in [1.807, 2.05) is 30.3 Å². The summed E-state index contributed by atoms with van der Waals surface area (Å²) in [5.41, 5.74) is 1.90. The van der Waals surface area contributed by atoms with Crippen molar-refractivity contribution in [2.45, 2.75) is 13.0 Å². The van der Waals surface area contributed by atoms with Crippen LogP contribution in [0, 0.1) is 0 Å². The van der Waals surface area contributed by atoms with Gasteiger partial charge in [-0.1, -0.05) is 18.5 Å². The summed E-state index contributed by atoms with van der Waals surface area (Å²) in [5, 5.41) is 4.04. The first-order valence-corrected chi connectivity index (χ1v) is 7.14. The molecule has 2 rings (SSSR count). The standard InChI is InChI=1S/C16H19ClN2O2/c1-4-18-16(14-8-5-11(17)10-19-14)13-7-6-12(20-2)9-15(13)21-3/h5-10,16,18H,4H2,1-3H3. The molecule has 1 heterocycles. The van der Waals surface area contributed by atoms with E-state index in [1.165, 1.54) is 0 Å². The van der Waals surface area contributed by atoms with Gasteiger partial charge >= 0.3 is 0 Å². The lowest BCUT2D eigenvalue weighted by Crippen LogP contribution is -2.23. The fourth-order valence-corrected chi connectivity index (χ4v) is 2.30. The minimum Gasteiger partial charge on any atom is -0.497 e. The molecule has 0 amide bonds. The number of pyridine rings is 1. The number of ether oxygens (including phenoxy) is 2. The molecule has 5 heteroatoms. The third-order valence-electron chi connectivity index (χ3n) is 3.21. The molecule has 112 valence electrons. The Morgan fingerprint density at radius 3 is 2.57 bits per heavy atom. The number of benzene rings is 1. The van der Waals surface area contributed by atoms with Crippen molar-refractivity contribution in [3.8, 4) is 11.5 Å². The highest BCUT2D eigenvalue weighted by molar-refractivity contribution is 6.30. The van der Waals surface area contributed by atoms with E-state index in [0.29, 0.717) is 5.02 Å². The lowest BCUT2D eigenvalue weighted by atomic mass is 10.0. The van der Waals surface area contributed by atoms with Gasteiger partial charge in [-0.2, -0.15) is 0 Å².